The Hall–Kier alpha value is -3.53. The topological polar surface area (TPSA) is 100 Å². The summed E-state index contributed by atoms with van der Waals surface area (Å²) in [7, 11) is 3.15. The quantitative estimate of drug-likeness (QED) is 0.672. The lowest BCUT2D eigenvalue weighted by atomic mass is 10.0. The van der Waals surface area contributed by atoms with Gasteiger partial charge in [-0.1, -0.05) is 12.1 Å². The predicted molar refractivity (Wildman–Crippen MR) is 108 cm³/mol. The number of nitriles is 1. The summed E-state index contributed by atoms with van der Waals surface area (Å²) >= 11 is 0. The van der Waals surface area contributed by atoms with Crippen LogP contribution in [0, 0.1) is 16.7 Å². The van der Waals surface area contributed by atoms with Crippen molar-refractivity contribution in [3.8, 4) is 17.6 Å². The van der Waals surface area contributed by atoms with Crippen LogP contribution in [-0.4, -0.2) is 32.6 Å². The summed E-state index contributed by atoms with van der Waals surface area (Å²) < 4.78 is 10.5. The van der Waals surface area contributed by atoms with Crippen molar-refractivity contribution in [3.05, 3.63) is 53.6 Å². The molecule has 1 fully saturated rings. The largest absolute Gasteiger partial charge is 0.493 e. The van der Waals surface area contributed by atoms with E-state index >= 15 is 0 Å². The highest BCUT2D eigenvalue weighted by atomic mass is 16.5. The molecule has 3 rings (SSSR count). The van der Waals surface area contributed by atoms with Crippen molar-refractivity contribution in [1.29, 1.82) is 5.26 Å². The molecular weight excluding hydrogens is 370 g/mol. The van der Waals surface area contributed by atoms with E-state index < -0.39 is 5.41 Å². The van der Waals surface area contributed by atoms with Crippen molar-refractivity contribution in [2.45, 2.75) is 19.3 Å². The summed E-state index contributed by atoms with van der Waals surface area (Å²) in [6.45, 7) is 0.410. The Labute approximate surface area is 169 Å². The summed E-state index contributed by atoms with van der Waals surface area (Å²) in [6.07, 6.45) is 1.63. The summed E-state index contributed by atoms with van der Waals surface area (Å²) in [5, 5.41) is 14.6. The van der Waals surface area contributed by atoms with E-state index in [1.165, 1.54) is 0 Å². The van der Waals surface area contributed by atoms with Gasteiger partial charge in [0.15, 0.2) is 11.5 Å². The van der Waals surface area contributed by atoms with Crippen LogP contribution in [0.4, 0.5) is 5.69 Å². The molecule has 0 aliphatic heterocycles. The van der Waals surface area contributed by atoms with Crippen LogP contribution in [0.1, 0.15) is 24.0 Å². The fraction of sp³-hybridized carbons (Fsp3) is 0.318. The van der Waals surface area contributed by atoms with Gasteiger partial charge in [0.2, 0.25) is 11.8 Å². The standard InChI is InChI=1S/C22H23N3O4/c1-28-18-7-6-15(13-19(18)29-2)8-11-24-20(26)22(9-10-22)21(27)25-17-5-3-4-16(12-17)14-23/h3-7,12-13H,8-11H2,1-2H3,(H,24,26)(H,25,27). The van der Waals surface area contributed by atoms with Gasteiger partial charge in [-0.2, -0.15) is 5.26 Å². The number of hydrogen-bond acceptors (Lipinski definition) is 5. The van der Waals surface area contributed by atoms with Gasteiger partial charge < -0.3 is 20.1 Å². The number of carbonyl (C=O) groups excluding carboxylic acids is 2. The monoisotopic (exact) mass is 393 g/mol. The number of rotatable bonds is 8. The zero-order valence-electron chi connectivity index (χ0n) is 16.5. The molecule has 0 unspecified atom stereocenters. The van der Waals surface area contributed by atoms with Crippen molar-refractivity contribution in [2.24, 2.45) is 5.41 Å². The normalized spacial score (nSPS) is 13.7. The molecule has 1 aliphatic carbocycles. The van der Waals surface area contributed by atoms with Gasteiger partial charge in [0.05, 0.1) is 25.9 Å². The van der Waals surface area contributed by atoms with Crippen molar-refractivity contribution in [3.63, 3.8) is 0 Å². The van der Waals surface area contributed by atoms with Crippen LogP contribution >= 0.6 is 0 Å². The number of hydrogen-bond donors (Lipinski definition) is 2. The van der Waals surface area contributed by atoms with Crippen LogP contribution in [0.2, 0.25) is 0 Å². The molecule has 1 saturated carbocycles. The Morgan fingerprint density at radius 1 is 1.07 bits per heavy atom. The summed E-state index contributed by atoms with van der Waals surface area (Å²) in [5.74, 6) is 0.673. The molecule has 0 aromatic heterocycles. The Morgan fingerprint density at radius 3 is 2.48 bits per heavy atom. The van der Waals surface area contributed by atoms with E-state index in [1.54, 1.807) is 38.5 Å². The van der Waals surface area contributed by atoms with E-state index in [1.807, 2.05) is 24.3 Å². The van der Waals surface area contributed by atoms with Gasteiger partial charge in [0, 0.05) is 12.2 Å². The van der Waals surface area contributed by atoms with Crippen LogP contribution in [-0.2, 0) is 16.0 Å². The van der Waals surface area contributed by atoms with Crippen LogP contribution in [0.25, 0.3) is 0 Å². The number of ether oxygens (including phenoxy) is 2. The first kappa shape index (κ1) is 20.2. The zero-order chi connectivity index (χ0) is 20.9. The molecule has 7 nitrogen and oxygen atoms in total. The molecule has 7 heteroatoms. The fourth-order valence-electron chi connectivity index (χ4n) is 3.13. The van der Waals surface area contributed by atoms with Crippen LogP contribution in [0.5, 0.6) is 11.5 Å². The number of methoxy groups -OCH3 is 2. The second kappa shape index (κ2) is 8.65. The first-order valence-electron chi connectivity index (χ1n) is 9.33. The Balaban J connectivity index is 1.56. The van der Waals surface area contributed by atoms with Crippen molar-refractivity contribution in [1.82, 2.24) is 5.32 Å². The molecule has 29 heavy (non-hydrogen) atoms. The van der Waals surface area contributed by atoms with Crippen molar-refractivity contribution < 1.29 is 19.1 Å². The van der Waals surface area contributed by atoms with E-state index in [-0.39, 0.29) is 11.8 Å². The average Bonchev–Trinajstić information content (AvgIpc) is 3.56. The first-order chi connectivity index (χ1) is 14.0. The molecule has 2 aromatic carbocycles. The SMILES string of the molecule is COc1ccc(CCNC(=O)C2(C(=O)Nc3cccc(C#N)c3)CC2)cc1OC. The second-order valence-corrected chi connectivity index (χ2v) is 6.92. The van der Waals surface area contributed by atoms with Gasteiger partial charge in [0.25, 0.3) is 0 Å². The second-order valence-electron chi connectivity index (χ2n) is 6.92. The maximum atomic E-state index is 12.6. The minimum Gasteiger partial charge on any atom is -0.493 e. The molecule has 0 bridgehead atoms. The van der Waals surface area contributed by atoms with Crippen LogP contribution < -0.4 is 20.1 Å². The summed E-state index contributed by atoms with van der Waals surface area (Å²) in [5.41, 5.74) is 0.927. The molecule has 1 aliphatic rings. The number of carbonyl (C=O) groups is 2. The highest BCUT2D eigenvalue weighted by molar-refractivity contribution is 6.13. The van der Waals surface area contributed by atoms with E-state index in [0.717, 1.165) is 5.56 Å². The van der Waals surface area contributed by atoms with E-state index in [2.05, 4.69) is 10.6 Å². The fourth-order valence-corrected chi connectivity index (χ4v) is 3.13. The van der Waals surface area contributed by atoms with Crippen LogP contribution in [0.15, 0.2) is 42.5 Å². The summed E-state index contributed by atoms with van der Waals surface area (Å²) in [6, 6.07) is 14.3. The summed E-state index contributed by atoms with van der Waals surface area (Å²) in [4.78, 5) is 25.3. The third-order valence-corrected chi connectivity index (χ3v) is 5.02. The zero-order valence-corrected chi connectivity index (χ0v) is 16.5. The molecule has 150 valence electrons. The lowest BCUT2D eigenvalue weighted by molar-refractivity contribution is -0.134. The molecule has 2 aromatic rings. The van der Waals surface area contributed by atoms with Crippen LogP contribution in [0.3, 0.4) is 0 Å². The minimum absolute atomic E-state index is 0.271. The molecule has 0 radical (unpaired) electrons. The first-order valence-corrected chi connectivity index (χ1v) is 9.33. The number of nitrogens with one attached hydrogen (secondary N) is 2. The Bertz CT molecular complexity index is 961. The van der Waals surface area contributed by atoms with Gasteiger partial charge in [-0.05, 0) is 55.2 Å². The lowest BCUT2D eigenvalue weighted by Crippen LogP contribution is -2.40. The Morgan fingerprint density at radius 2 is 1.83 bits per heavy atom. The number of anilines is 1. The van der Waals surface area contributed by atoms with Gasteiger partial charge in [-0.15, -0.1) is 0 Å². The molecular formula is C22H23N3O4. The third-order valence-electron chi connectivity index (χ3n) is 5.02. The number of benzene rings is 2. The molecule has 2 amide bonds. The molecule has 0 atom stereocenters. The molecule has 2 N–H and O–H groups in total. The Kier molecular flexibility index (Phi) is 6.03. The average molecular weight is 393 g/mol. The maximum absolute atomic E-state index is 12.6. The van der Waals surface area contributed by atoms with E-state index in [0.29, 0.717) is 48.6 Å². The number of nitrogens with zero attached hydrogens (tertiary/aromatic N) is 1. The van der Waals surface area contributed by atoms with E-state index in [9.17, 15) is 9.59 Å². The van der Waals surface area contributed by atoms with E-state index in [4.69, 9.17) is 14.7 Å². The van der Waals surface area contributed by atoms with Gasteiger partial charge in [0.1, 0.15) is 5.41 Å². The third kappa shape index (κ3) is 4.49. The maximum Gasteiger partial charge on any atom is 0.240 e. The lowest BCUT2D eigenvalue weighted by Gasteiger charge is -2.16. The minimum atomic E-state index is -1.03. The predicted octanol–water partition coefficient (Wildman–Crippen LogP) is 2.65. The molecule has 0 saturated heterocycles. The highest BCUT2D eigenvalue weighted by Gasteiger charge is 2.56. The highest BCUT2D eigenvalue weighted by Crippen LogP contribution is 2.46. The smallest absolute Gasteiger partial charge is 0.240 e. The molecule has 0 heterocycles. The van der Waals surface area contributed by atoms with Crippen molar-refractivity contribution >= 4 is 17.5 Å². The molecule has 0 spiro atoms. The number of amides is 2. The van der Waals surface area contributed by atoms with Gasteiger partial charge in [-0.3, -0.25) is 9.59 Å². The van der Waals surface area contributed by atoms with Gasteiger partial charge >= 0.3 is 0 Å². The van der Waals surface area contributed by atoms with Gasteiger partial charge in [-0.25, -0.2) is 0 Å². The van der Waals surface area contributed by atoms with Crippen molar-refractivity contribution in [2.75, 3.05) is 26.1 Å².